The van der Waals surface area contributed by atoms with Crippen molar-refractivity contribution in [2.45, 2.75) is 6.92 Å². The molecule has 1 aromatic rings. The second-order valence-electron chi connectivity index (χ2n) is 2.81. The van der Waals surface area contributed by atoms with Gasteiger partial charge >= 0.3 is 5.97 Å². The molecule has 0 unspecified atom stereocenters. The predicted octanol–water partition coefficient (Wildman–Crippen LogP) is 1.80. The average Bonchev–Trinajstić information content (AvgIpc) is 2.19. The van der Waals surface area contributed by atoms with Gasteiger partial charge in [0.2, 0.25) is 0 Å². The number of hydrogen-bond acceptors (Lipinski definition) is 3. The summed E-state index contributed by atoms with van der Waals surface area (Å²) in [4.78, 5) is 14.6. The number of carbonyl (C=O) groups is 1. The maximum absolute atomic E-state index is 13.2. The molecule has 1 rings (SSSR count). The Morgan fingerprint density at radius 2 is 2.12 bits per heavy atom. The molecule has 0 atom stereocenters. The SMILES string of the molecule is CC(=O)ON=C(N)c1cc(Cl)cc(F)c1F. The zero-order valence-corrected chi connectivity index (χ0v) is 8.89. The Kier molecular flexibility index (Phi) is 3.78. The third kappa shape index (κ3) is 2.90. The Morgan fingerprint density at radius 1 is 1.50 bits per heavy atom. The van der Waals surface area contributed by atoms with E-state index >= 15 is 0 Å². The topological polar surface area (TPSA) is 64.7 Å². The first-order valence-corrected chi connectivity index (χ1v) is 4.45. The van der Waals surface area contributed by atoms with Gasteiger partial charge in [0.05, 0.1) is 5.56 Å². The molecule has 0 fully saturated rings. The van der Waals surface area contributed by atoms with E-state index in [1.165, 1.54) is 0 Å². The summed E-state index contributed by atoms with van der Waals surface area (Å²) in [6.45, 7) is 1.09. The smallest absolute Gasteiger partial charge is 0.332 e. The minimum atomic E-state index is -1.21. The third-order valence-electron chi connectivity index (χ3n) is 1.54. The van der Waals surface area contributed by atoms with Crippen molar-refractivity contribution >= 4 is 23.4 Å². The molecular weight excluding hydrogens is 242 g/mol. The molecule has 2 N–H and O–H groups in total. The summed E-state index contributed by atoms with van der Waals surface area (Å²) in [5, 5.41) is 3.07. The summed E-state index contributed by atoms with van der Waals surface area (Å²) < 4.78 is 26.1. The Bertz CT molecular complexity index is 463. The second kappa shape index (κ2) is 4.89. The van der Waals surface area contributed by atoms with Gasteiger partial charge in [-0.2, -0.15) is 0 Å². The largest absolute Gasteiger partial charge is 0.380 e. The van der Waals surface area contributed by atoms with Crippen LogP contribution in [0.1, 0.15) is 12.5 Å². The van der Waals surface area contributed by atoms with Crippen molar-refractivity contribution in [2.24, 2.45) is 10.9 Å². The molecular formula is C9H7ClF2N2O2. The lowest BCUT2D eigenvalue weighted by Crippen LogP contribution is -2.17. The van der Waals surface area contributed by atoms with Gasteiger partial charge < -0.3 is 10.6 Å². The molecule has 0 spiro atoms. The highest BCUT2D eigenvalue weighted by Gasteiger charge is 2.13. The van der Waals surface area contributed by atoms with Crippen LogP contribution in [-0.4, -0.2) is 11.8 Å². The van der Waals surface area contributed by atoms with Crippen LogP contribution in [0.4, 0.5) is 8.78 Å². The Labute approximate surface area is 94.6 Å². The van der Waals surface area contributed by atoms with Crippen molar-refractivity contribution in [3.8, 4) is 0 Å². The van der Waals surface area contributed by atoms with E-state index in [4.69, 9.17) is 17.3 Å². The van der Waals surface area contributed by atoms with Gasteiger partial charge in [-0.3, -0.25) is 0 Å². The highest BCUT2D eigenvalue weighted by molar-refractivity contribution is 6.31. The van der Waals surface area contributed by atoms with Gasteiger partial charge in [0.25, 0.3) is 0 Å². The van der Waals surface area contributed by atoms with E-state index in [0.29, 0.717) is 0 Å². The summed E-state index contributed by atoms with van der Waals surface area (Å²) in [5.41, 5.74) is 4.92. The van der Waals surface area contributed by atoms with Crippen molar-refractivity contribution < 1.29 is 18.4 Å². The quantitative estimate of drug-likeness (QED) is 0.285. The number of halogens is 3. The molecule has 1 aromatic carbocycles. The number of rotatable bonds is 2. The predicted molar refractivity (Wildman–Crippen MR) is 53.9 cm³/mol. The van der Waals surface area contributed by atoms with E-state index in [9.17, 15) is 13.6 Å². The molecule has 0 radical (unpaired) electrons. The standard InChI is InChI=1S/C9H7ClF2N2O2/c1-4(15)16-14-9(13)6-2-5(10)3-7(11)8(6)12/h2-3H,1H3,(H2,13,14). The molecule has 7 heteroatoms. The van der Waals surface area contributed by atoms with E-state index in [1.54, 1.807) is 0 Å². The molecule has 0 heterocycles. The summed E-state index contributed by atoms with van der Waals surface area (Å²) in [6, 6.07) is 1.86. The van der Waals surface area contributed by atoms with Crippen LogP contribution in [0.25, 0.3) is 0 Å². The molecule has 0 saturated heterocycles. The first-order chi connectivity index (χ1) is 7.41. The van der Waals surface area contributed by atoms with E-state index in [-0.39, 0.29) is 10.6 Å². The first-order valence-electron chi connectivity index (χ1n) is 4.07. The fraction of sp³-hybridized carbons (Fsp3) is 0.111. The monoisotopic (exact) mass is 248 g/mol. The van der Waals surface area contributed by atoms with Crippen LogP contribution < -0.4 is 5.73 Å². The van der Waals surface area contributed by atoms with Gasteiger partial charge in [0.15, 0.2) is 17.5 Å². The lowest BCUT2D eigenvalue weighted by molar-refractivity contribution is -0.140. The van der Waals surface area contributed by atoms with Crippen LogP contribution in [0.3, 0.4) is 0 Å². The van der Waals surface area contributed by atoms with E-state index in [0.717, 1.165) is 19.1 Å². The number of oxime groups is 1. The van der Waals surface area contributed by atoms with Crippen LogP contribution in [-0.2, 0) is 9.63 Å². The van der Waals surface area contributed by atoms with E-state index in [1.807, 2.05) is 0 Å². The molecule has 16 heavy (non-hydrogen) atoms. The molecule has 0 bridgehead atoms. The lowest BCUT2D eigenvalue weighted by atomic mass is 10.2. The fourth-order valence-corrected chi connectivity index (χ4v) is 1.11. The Balaban J connectivity index is 3.12. The fourth-order valence-electron chi connectivity index (χ4n) is 0.905. The average molecular weight is 249 g/mol. The van der Waals surface area contributed by atoms with Crippen molar-refractivity contribution in [2.75, 3.05) is 0 Å². The minimum absolute atomic E-state index is 0.0464. The zero-order chi connectivity index (χ0) is 12.3. The van der Waals surface area contributed by atoms with Gasteiger partial charge in [-0.05, 0) is 12.1 Å². The number of nitrogens with zero attached hydrogens (tertiary/aromatic N) is 1. The van der Waals surface area contributed by atoms with Gasteiger partial charge in [0, 0.05) is 11.9 Å². The highest BCUT2D eigenvalue weighted by Crippen LogP contribution is 2.18. The van der Waals surface area contributed by atoms with Crippen LogP contribution in [0.5, 0.6) is 0 Å². The van der Waals surface area contributed by atoms with Crippen LogP contribution in [0.15, 0.2) is 17.3 Å². The van der Waals surface area contributed by atoms with Crippen LogP contribution in [0, 0.1) is 11.6 Å². The van der Waals surface area contributed by atoms with Crippen LogP contribution >= 0.6 is 11.6 Å². The van der Waals surface area contributed by atoms with Crippen LogP contribution in [0.2, 0.25) is 5.02 Å². The maximum atomic E-state index is 13.2. The summed E-state index contributed by atoms with van der Waals surface area (Å²) in [7, 11) is 0. The molecule has 86 valence electrons. The molecule has 0 aliphatic carbocycles. The summed E-state index contributed by atoms with van der Waals surface area (Å²) in [6.07, 6.45) is 0. The van der Waals surface area contributed by atoms with Crippen molar-refractivity contribution in [3.63, 3.8) is 0 Å². The highest BCUT2D eigenvalue weighted by atomic mass is 35.5. The van der Waals surface area contributed by atoms with Gasteiger partial charge in [-0.1, -0.05) is 16.8 Å². The number of carbonyl (C=O) groups excluding carboxylic acids is 1. The number of amidine groups is 1. The van der Waals surface area contributed by atoms with Crippen molar-refractivity contribution in [3.05, 3.63) is 34.4 Å². The maximum Gasteiger partial charge on any atom is 0.332 e. The molecule has 0 aromatic heterocycles. The van der Waals surface area contributed by atoms with Crippen molar-refractivity contribution in [1.82, 2.24) is 0 Å². The number of hydrogen-bond donors (Lipinski definition) is 1. The Hall–Kier alpha value is -1.69. The molecule has 0 saturated carbocycles. The second-order valence-corrected chi connectivity index (χ2v) is 3.24. The minimum Gasteiger partial charge on any atom is -0.380 e. The van der Waals surface area contributed by atoms with Crippen molar-refractivity contribution in [1.29, 1.82) is 0 Å². The molecule has 0 aliphatic rings. The number of benzene rings is 1. The summed E-state index contributed by atoms with van der Waals surface area (Å²) in [5.74, 6) is -3.58. The van der Waals surface area contributed by atoms with Gasteiger partial charge in [0.1, 0.15) is 0 Å². The Morgan fingerprint density at radius 3 is 2.69 bits per heavy atom. The van der Waals surface area contributed by atoms with Gasteiger partial charge in [-0.15, -0.1) is 0 Å². The van der Waals surface area contributed by atoms with Gasteiger partial charge in [-0.25, -0.2) is 13.6 Å². The van der Waals surface area contributed by atoms with E-state index in [2.05, 4.69) is 9.99 Å². The molecule has 4 nitrogen and oxygen atoms in total. The lowest BCUT2D eigenvalue weighted by Gasteiger charge is -2.03. The first kappa shape index (κ1) is 12.4. The zero-order valence-electron chi connectivity index (χ0n) is 8.13. The number of nitrogens with two attached hydrogens (primary N) is 1. The third-order valence-corrected chi connectivity index (χ3v) is 1.76. The molecule has 0 amide bonds. The molecule has 0 aliphatic heterocycles. The normalized spacial score (nSPS) is 11.4. The van der Waals surface area contributed by atoms with E-state index < -0.39 is 23.4 Å². The summed E-state index contributed by atoms with van der Waals surface area (Å²) >= 11 is 5.50.